The van der Waals surface area contributed by atoms with Gasteiger partial charge in [0.25, 0.3) is 0 Å². The second-order valence-electron chi connectivity index (χ2n) is 4.88. The van der Waals surface area contributed by atoms with E-state index in [0.717, 1.165) is 4.90 Å². The van der Waals surface area contributed by atoms with Crippen LogP contribution in [0.1, 0.15) is 11.5 Å². The fourth-order valence-corrected chi connectivity index (χ4v) is 2.88. The van der Waals surface area contributed by atoms with E-state index in [1.54, 1.807) is 24.3 Å². The molecule has 2 rings (SSSR count). The average molecular weight is 308 g/mol. The van der Waals surface area contributed by atoms with Gasteiger partial charge in [-0.25, -0.2) is 0 Å². The second-order valence-corrected chi connectivity index (χ2v) is 5.29. The van der Waals surface area contributed by atoms with E-state index in [2.05, 4.69) is 0 Å². The average Bonchev–Trinajstić information content (AvgIpc) is 2.71. The monoisotopic (exact) mass is 307 g/mol. The van der Waals surface area contributed by atoms with Crippen LogP contribution in [0.2, 0.25) is 5.02 Å². The third-order valence-corrected chi connectivity index (χ3v) is 3.76. The summed E-state index contributed by atoms with van der Waals surface area (Å²) in [5.74, 6) is -2.50. The molecule has 0 unspecified atom stereocenters. The number of aliphatic carboxylic acids is 1. The summed E-state index contributed by atoms with van der Waals surface area (Å²) in [6.45, 7) is -1.18. The smallest absolute Gasteiger partial charge is 0.401 e. The molecule has 1 fully saturated rings. The summed E-state index contributed by atoms with van der Waals surface area (Å²) in [4.78, 5) is 12.4. The lowest BCUT2D eigenvalue weighted by molar-refractivity contribution is -0.147. The Bertz CT molecular complexity index is 507. The lowest BCUT2D eigenvalue weighted by Crippen LogP contribution is -2.33. The highest BCUT2D eigenvalue weighted by molar-refractivity contribution is 6.31. The van der Waals surface area contributed by atoms with E-state index in [4.69, 9.17) is 11.6 Å². The van der Waals surface area contributed by atoms with Gasteiger partial charge in [0.1, 0.15) is 0 Å². The van der Waals surface area contributed by atoms with Crippen molar-refractivity contribution < 1.29 is 23.1 Å². The molecule has 0 amide bonds. The van der Waals surface area contributed by atoms with E-state index in [1.165, 1.54) is 0 Å². The molecule has 20 heavy (non-hydrogen) atoms. The van der Waals surface area contributed by atoms with Crippen molar-refractivity contribution in [3.63, 3.8) is 0 Å². The molecule has 0 aromatic heterocycles. The highest BCUT2D eigenvalue weighted by Crippen LogP contribution is 2.37. The third-order valence-electron chi connectivity index (χ3n) is 3.42. The quantitative estimate of drug-likeness (QED) is 0.933. The minimum Gasteiger partial charge on any atom is -0.481 e. The van der Waals surface area contributed by atoms with Crippen molar-refractivity contribution in [1.82, 2.24) is 4.90 Å². The van der Waals surface area contributed by atoms with Crippen LogP contribution in [0.5, 0.6) is 0 Å². The number of rotatable bonds is 3. The van der Waals surface area contributed by atoms with Gasteiger partial charge < -0.3 is 5.11 Å². The van der Waals surface area contributed by atoms with E-state index >= 15 is 0 Å². The number of halogens is 4. The Hall–Kier alpha value is -1.27. The van der Waals surface area contributed by atoms with Gasteiger partial charge >= 0.3 is 12.1 Å². The fraction of sp³-hybridized carbons (Fsp3) is 0.462. The fourth-order valence-electron chi connectivity index (χ4n) is 2.61. The van der Waals surface area contributed by atoms with Crippen molar-refractivity contribution in [2.24, 2.45) is 5.92 Å². The number of likely N-dealkylation sites (tertiary alicyclic amines) is 1. The maximum atomic E-state index is 12.4. The molecule has 0 spiro atoms. The van der Waals surface area contributed by atoms with Crippen LogP contribution in [0.4, 0.5) is 13.2 Å². The molecule has 1 heterocycles. The number of alkyl halides is 3. The van der Waals surface area contributed by atoms with Gasteiger partial charge in [0.2, 0.25) is 0 Å². The lowest BCUT2D eigenvalue weighted by Gasteiger charge is -2.18. The molecule has 110 valence electrons. The molecule has 3 nitrogen and oxygen atoms in total. The molecule has 0 saturated carbocycles. The van der Waals surface area contributed by atoms with Gasteiger partial charge in [-0.1, -0.05) is 29.8 Å². The largest absolute Gasteiger partial charge is 0.481 e. The molecule has 7 heteroatoms. The van der Waals surface area contributed by atoms with E-state index in [-0.39, 0.29) is 13.1 Å². The van der Waals surface area contributed by atoms with E-state index in [1.807, 2.05) is 0 Å². The van der Waals surface area contributed by atoms with E-state index < -0.39 is 30.5 Å². The van der Waals surface area contributed by atoms with Crippen molar-refractivity contribution in [3.8, 4) is 0 Å². The van der Waals surface area contributed by atoms with Gasteiger partial charge in [-0.2, -0.15) is 13.2 Å². The first kappa shape index (κ1) is 15.1. The summed E-state index contributed by atoms with van der Waals surface area (Å²) in [7, 11) is 0. The van der Waals surface area contributed by atoms with Crippen molar-refractivity contribution in [3.05, 3.63) is 34.9 Å². The summed E-state index contributed by atoms with van der Waals surface area (Å²) in [5, 5.41) is 9.59. The number of carboxylic acids is 1. The van der Waals surface area contributed by atoms with Crippen LogP contribution in [-0.4, -0.2) is 41.8 Å². The van der Waals surface area contributed by atoms with Crippen LogP contribution in [0.15, 0.2) is 24.3 Å². The standard InChI is InChI=1S/C13H13ClF3NO2/c14-11-4-2-1-3-8(11)9-5-18(7-13(15,16)17)6-10(9)12(19)20/h1-4,9-10H,5-7H2,(H,19,20)/t9-,10-/m0/s1. The maximum Gasteiger partial charge on any atom is 0.401 e. The van der Waals surface area contributed by atoms with Crippen molar-refractivity contribution in [2.75, 3.05) is 19.6 Å². The van der Waals surface area contributed by atoms with Crippen molar-refractivity contribution >= 4 is 17.6 Å². The molecule has 2 atom stereocenters. The van der Waals surface area contributed by atoms with Crippen LogP contribution >= 0.6 is 11.6 Å². The second kappa shape index (κ2) is 5.61. The SMILES string of the molecule is O=C(O)[C@H]1CN(CC(F)(F)F)C[C@H]1c1ccccc1Cl. The number of nitrogens with zero attached hydrogens (tertiary/aromatic N) is 1. The van der Waals surface area contributed by atoms with Crippen LogP contribution in [0, 0.1) is 5.92 Å². The highest BCUT2D eigenvalue weighted by Gasteiger charge is 2.43. The molecule has 1 aliphatic rings. The van der Waals surface area contributed by atoms with Gasteiger partial charge in [-0.15, -0.1) is 0 Å². The van der Waals surface area contributed by atoms with Crippen molar-refractivity contribution in [1.29, 1.82) is 0 Å². The Balaban J connectivity index is 2.23. The summed E-state index contributed by atoms with van der Waals surface area (Å²) >= 11 is 6.02. The number of hydrogen-bond acceptors (Lipinski definition) is 2. The van der Waals surface area contributed by atoms with Crippen LogP contribution in [0.3, 0.4) is 0 Å². The molecule has 1 aromatic rings. The first-order valence-electron chi connectivity index (χ1n) is 6.04. The normalized spacial score (nSPS) is 24.0. The van der Waals surface area contributed by atoms with Gasteiger partial charge in [0, 0.05) is 24.0 Å². The molecule has 1 N–H and O–H groups in total. The number of carbonyl (C=O) groups is 1. The Morgan fingerprint density at radius 3 is 2.55 bits per heavy atom. The van der Waals surface area contributed by atoms with Crippen LogP contribution < -0.4 is 0 Å². The zero-order chi connectivity index (χ0) is 14.9. The Labute approximate surface area is 118 Å². The molecule has 0 radical (unpaired) electrons. The third kappa shape index (κ3) is 3.43. The number of carboxylic acid groups (broad SMARTS) is 1. The first-order valence-corrected chi connectivity index (χ1v) is 6.42. The first-order chi connectivity index (χ1) is 9.28. The molecule has 0 aliphatic carbocycles. The summed E-state index contributed by atoms with van der Waals surface area (Å²) < 4.78 is 37.3. The zero-order valence-electron chi connectivity index (χ0n) is 10.4. The number of hydrogen-bond donors (Lipinski definition) is 1. The molecular formula is C13H13ClF3NO2. The highest BCUT2D eigenvalue weighted by atomic mass is 35.5. The zero-order valence-corrected chi connectivity index (χ0v) is 11.2. The van der Waals surface area contributed by atoms with Crippen molar-refractivity contribution in [2.45, 2.75) is 12.1 Å². The van der Waals surface area contributed by atoms with Gasteiger partial charge in [0.15, 0.2) is 0 Å². The minimum atomic E-state index is -4.33. The molecule has 1 aromatic carbocycles. The number of benzene rings is 1. The van der Waals surface area contributed by atoms with Gasteiger partial charge in [-0.05, 0) is 11.6 Å². The van der Waals surface area contributed by atoms with Crippen LogP contribution in [0.25, 0.3) is 0 Å². The minimum absolute atomic E-state index is 0.0419. The lowest BCUT2D eigenvalue weighted by atomic mass is 9.89. The Morgan fingerprint density at radius 2 is 2.00 bits per heavy atom. The van der Waals surface area contributed by atoms with Crippen LogP contribution in [-0.2, 0) is 4.79 Å². The molecule has 0 bridgehead atoms. The molecular weight excluding hydrogens is 295 g/mol. The Kier molecular flexibility index (Phi) is 4.25. The summed E-state index contributed by atoms with van der Waals surface area (Å²) in [6, 6.07) is 6.68. The Morgan fingerprint density at radius 1 is 1.35 bits per heavy atom. The predicted molar refractivity (Wildman–Crippen MR) is 67.8 cm³/mol. The predicted octanol–water partition coefficient (Wildman–Crippen LogP) is 3.00. The van der Waals surface area contributed by atoms with E-state index in [9.17, 15) is 23.1 Å². The topological polar surface area (TPSA) is 40.5 Å². The van der Waals surface area contributed by atoms with E-state index in [0.29, 0.717) is 10.6 Å². The summed E-state index contributed by atoms with van der Waals surface area (Å²) in [5.41, 5.74) is 0.589. The van der Waals surface area contributed by atoms with Gasteiger partial charge in [-0.3, -0.25) is 9.69 Å². The maximum absolute atomic E-state index is 12.4. The summed E-state index contributed by atoms with van der Waals surface area (Å²) in [6.07, 6.45) is -4.33. The molecule has 1 aliphatic heterocycles. The van der Waals surface area contributed by atoms with Gasteiger partial charge in [0.05, 0.1) is 12.5 Å². The molecule has 1 saturated heterocycles.